The number of anilines is 1. The van der Waals surface area contributed by atoms with Gasteiger partial charge in [-0.05, 0) is 24.4 Å². The molecule has 2 aromatic carbocycles. The molecule has 24 heavy (non-hydrogen) atoms. The highest BCUT2D eigenvalue weighted by atomic mass is 35.5. The number of ether oxygens (including phenoxy) is 1. The quantitative estimate of drug-likeness (QED) is 0.562. The molecule has 0 saturated heterocycles. The first kappa shape index (κ1) is 16.0. The Labute approximate surface area is 143 Å². The molecule has 3 aromatic rings. The molecule has 0 aliphatic heterocycles. The van der Waals surface area contributed by atoms with E-state index < -0.39 is 5.56 Å². The van der Waals surface area contributed by atoms with Crippen LogP contribution in [0.25, 0.3) is 10.8 Å². The maximum atomic E-state index is 11.4. The summed E-state index contributed by atoms with van der Waals surface area (Å²) >= 11 is 5.93. The van der Waals surface area contributed by atoms with Gasteiger partial charge in [-0.3, -0.25) is 10.2 Å². The van der Waals surface area contributed by atoms with Gasteiger partial charge in [-0.1, -0.05) is 35.9 Å². The minimum atomic E-state index is -0.468. The number of hydrogen-bond acceptors (Lipinski definition) is 5. The van der Waals surface area contributed by atoms with Gasteiger partial charge in [0.2, 0.25) is 0 Å². The zero-order chi connectivity index (χ0) is 17.1. The third-order valence-corrected chi connectivity index (χ3v) is 4.01. The lowest BCUT2D eigenvalue weighted by atomic mass is 10.0. The average Bonchev–Trinajstić information content (AvgIpc) is 2.61. The normalized spacial score (nSPS) is 11.5. The molecule has 3 rings (SSSR count). The summed E-state index contributed by atoms with van der Waals surface area (Å²) in [6, 6.07) is 11.8. The van der Waals surface area contributed by atoms with E-state index in [-0.39, 0.29) is 5.02 Å². The monoisotopic (exact) mass is 342 g/mol. The van der Waals surface area contributed by atoms with Gasteiger partial charge in [-0.15, -0.1) is 0 Å². The van der Waals surface area contributed by atoms with Crippen LogP contribution in [0.1, 0.15) is 12.5 Å². The van der Waals surface area contributed by atoms with Gasteiger partial charge < -0.3 is 4.74 Å². The van der Waals surface area contributed by atoms with E-state index in [2.05, 4.69) is 20.7 Å². The van der Waals surface area contributed by atoms with Crippen LogP contribution in [-0.4, -0.2) is 23.0 Å². The van der Waals surface area contributed by atoms with Crippen LogP contribution >= 0.6 is 11.6 Å². The number of hydrogen-bond donors (Lipinski definition) is 2. The maximum absolute atomic E-state index is 11.4. The van der Waals surface area contributed by atoms with Crippen LogP contribution in [0.5, 0.6) is 5.75 Å². The lowest BCUT2D eigenvalue weighted by Gasteiger charge is -2.10. The number of halogens is 1. The molecule has 0 radical (unpaired) electrons. The Kier molecular flexibility index (Phi) is 4.48. The van der Waals surface area contributed by atoms with Gasteiger partial charge in [0.1, 0.15) is 16.5 Å². The van der Waals surface area contributed by atoms with Crippen molar-refractivity contribution >= 4 is 33.8 Å². The summed E-state index contributed by atoms with van der Waals surface area (Å²) in [4.78, 5) is 11.4. The molecule has 1 aromatic heterocycles. The molecule has 0 fully saturated rings. The molecule has 0 bridgehead atoms. The van der Waals surface area contributed by atoms with E-state index in [0.717, 1.165) is 27.8 Å². The van der Waals surface area contributed by atoms with E-state index >= 15 is 0 Å². The number of aromatic nitrogens is 2. The lowest BCUT2D eigenvalue weighted by Crippen LogP contribution is -2.10. The highest BCUT2D eigenvalue weighted by molar-refractivity contribution is 6.32. The molecular weight excluding hydrogens is 328 g/mol. The highest BCUT2D eigenvalue weighted by Crippen LogP contribution is 2.28. The summed E-state index contributed by atoms with van der Waals surface area (Å²) in [5, 5.41) is 12.3. The predicted molar refractivity (Wildman–Crippen MR) is 96.2 cm³/mol. The number of hydrazone groups is 1. The van der Waals surface area contributed by atoms with Gasteiger partial charge in [0.15, 0.2) is 0 Å². The number of H-pyrrole nitrogens is 1. The van der Waals surface area contributed by atoms with Gasteiger partial charge >= 0.3 is 0 Å². The van der Waals surface area contributed by atoms with Crippen LogP contribution in [0.15, 0.2) is 52.5 Å². The fourth-order valence-corrected chi connectivity index (χ4v) is 2.56. The standard InChI is InChI=1S/C17H15ClN4O2/c1-10(20-21-14-9-19-22-17(23)16(14)18)11-7-8-15(24-2)13-6-4-3-5-12(11)13/h3-9H,1-2H3,(H2,21,22,23)/b20-10-. The van der Waals surface area contributed by atoms with Crippen LogP contribution in [-0.2, 0) is 0 Å². The van der Waals surface area contributed by atoms with Gasteiger partial charge in [-0.2, -0.15) is 10.2 Å². The van der Waals surface area contributed by atoms with Gasteiger partial charge in [0.25, 0.3) is 5.56 Å². The molecule has 0 amide bonds. The first-order chi connectivity index (χ1) is 11.6. The predicted octanol–water partition coefficient (Wildman–Crippen LogP) is 3.42. The van der Waals surface area contributed by atoms with Crippen molar-refractivity contribution in [3.05, 3.63) is 63.5 Å². The third kappa shape index (κ3) is 2.96. The third-order valence-electron chi connectivity index (χ3n) is 3.63. The summed E-state index contributed by atoms with van der Waals surface area (Å²) in [6.07, 6.45) is 1.41. The second-order valence-electron chi connectivity index (χ2n) is 5.10. The minimum Gasteiger partial charge on any atom is -0.496 e. The Morgan fingerprint density at radius 2 is 2.00 bits per heavy atom. The zero-order valence-corrected chi connectivity index (χ0v) is 13.9. The number of methoxy groups -OCH3 is 1. The smallest absolute Gasteiger partial charge is 0.285 e. The molecule has 0 saturated carbocycles. The Morgan fingerprint density at radius 1 is 1.25 bits per heavy atom. The van der Waals surface area contributed by atoms with Gasteiger partial charge in [-0.25, -0.2) is 5.10 Å². The number of rotatable bonds is 4. The van der Waals surface area contributed by atoms with Crippen LogP contribution in [0.4, 0.5) is 5.69 Å². The first-order valence-electron chi connectivity index (χ1n) is 7.21. The van der Waals surface area contributed by atoms with E-state index in [9.17, 15) is 4.79 Å². The van der Waals surface area contributed by atoms with Crippen molar-refractivity contribution < 1.29 is 4.74 Å². The topological polar surface area (TPSA) is 79.4 Å². The molecule has 2 N–H and O–H groups in total. The SMILES string of the molecule is COc1ccc(/C(C)=N\Nc2cn[nH]c(=O)c2Cl)c2ccccc12. The van der Waals surface area contributed by atoms with E-state index in [1.807, 2.05) is 43.3 Å². The second kappa shape index (κ2) is 6.72. The molecule has 7 heteroatoms. The second-order valence-corrected chi connectivity index (χ2v) is 5.47. The van der Waals surface area contributed by atoms with E-state index in [4.69, 9.17) is 16.3 Å². The number of fused-ring (bicyclic) bond motifs is 1. The van der Waals surface area contributed by atoms with Crippen LogP contribution < -0.4 is 15.7 Å². The largest absolute Gasteiger partial charge is 0.496 e. The van der Waals surface area contributed by atoms with Crippen molar-refractivity contribution in [1.82, 2.24) is 10.2 Å². The summed E-state index contributed by atoms with van der Waals surface area (Å²) in [5.74, 6) is 0.803. The number of nitrogens with zero attached hydrogens (tertiary/aromatic N) is 2. The fraction of sp³-hybridized carbons (Fsp3) is 0.118. The summed E-state index contributed by atoms with van der Waals surface area (Å²) in [5.41, 5.74) is 4.36. The van der Waals surface area contributed by atoms with Crippen molar-refractivity contribution in [2.45, 2.75) is 6.92 Å². The minimum absolute atomic E-state index is 0.0149. The van der Waals surface area contributed by atoms with Crippen LogP contribution in [0.2, 0.25) is 5.02 Å². The fourth-order valence-electron chi connectivity index (χ4n) is 2.43. The van der Waals surface area contributed by atoms with Gasteiger partial charge in [0, 0.05) is 10.9 Å². The Bertz CT molecular complexity index is 982. The summed E-state index contributed by atoms with van der Waals surface area (Å²) in [6.45, 7) is 1.87. The maximum Gasteiger partial charge on any atom is 0.285 e. The van der Waals surface area contributed by atoms with Crippen molar-refractivity contribution in [3.8, 4) is 5.75 Å². The molecule has 0 unspecified atom stereocenters. The molecular formula is C17H15ClN4O2. The number of benzene rings is 2. The van der Waals surface area contributed by atoms with Crippen LogP contribution in [0.3, 0.4) is 0 Å². The Balaban J connectivity index is 2.01. The Morgan fingerprint density at radius 3 is 2.75 bits per heavy atom. The molecule has 1 heterocycles. The van der Waals surface area contributed by atoms with Crippen LogP contribution in [0, 0.1) is 0 Å². The average molecular weight is 343 g/mol. The van der Waals surface area contributed by atoms with Crippen molar-refractivity contribution in [2.75, 3.05) is 12.5 Å². The molecule has 0 atom stereocenters. The van der Waals surface area contributed by atoms with Gasteiger partial charge in [0.05, 0.1) is 19.0 Å². The van der Waals surface area contributed by atoms with Crippen molar-refractivity contribution in [2.24, 2.45) is 5.10 Å². The first-order valence-corrected chi connectivity index (χ1v) is 7.59. The van der Waals surface area contributed by atoms with E-state index in [0.29, 0.717) is 5.69 Å². The van der Waals surface area contributed by atoms with E-state index in [1.165, 1.54) is 6.20 Å². The highest BCUT2D eigenvalue weighted by Gasteiger charge is 2.09. The molecule has 122 valence electrons. The number of nitrogens with one attached hydrogen (secondary N) is 2. The lowest BCUT2D eigenvalue weighted by molar-refractivity contribution is 0.420. The number of aromatic amines is 1. The Hall–Kier alpha value is -2.86. The molecule has 0 spiro atoms. The summed E-state index contributed by atoms with van der Waals surface area (Å²) < 4.78 is 5.40. The van der Waals surface area contributed by atoms with Crippen molar-refractivity contribution in [1.29, 1.82) is 0 Å². The molecule has 6 nitrogen and oxygen atoms in total. The molecule has 0 aliphatic rings. The summed E-state index contributed by atoms with van der Waals surface area (Å²) in [7, 11) is 1.64. The zero-order valence-electron chi connectivity index (χ0n) is 13.1. The van der Waals surface area contributed by atoms with E-state index in [1.54, 1.807) is 7.11 Å². The van der Waals surface area contributed by atoms with Crippen molar-refractivity contribution in [3.63, 3.8) is 0 Å². The molecule has 0 aliphatic carbocycles.